The first kappa shape index (κ1) is 29.7. The molecule has 0 aromatic heterocycles. The summed E-state index contributed by atoms with van der Waals surface area (Å²) in [5.74, 6) is -0.598. The molecule has 1 aliphatic heterocycles. The Morgan fingerprint density at radius 3 is 2.42 bits per heavy atom. The van der Waals surface area contributed by atoms with Gasteiger partial charge in [-0.25, -0.2) is 9.18 Å². The third kappa shape index (κ3) is 6.67. The van der Waals surface area contributed by atoms with Crippen LogP contribution in [0.25, 0.3) is 0 Å². The summed E-state index contributed by atoms with van der Waals surface area (Å²) < 4.78 is 20.6. The van der Waals surface area contributed by atoms with Gasteiger partial charge in [0.15, 0.2) is 0 Å². The van der Waals surface area contributed by atoms with Gasteiger partial charge in [0, 0.05) is 25.8 Å². The summed E-state index contributed by atoms with van der Waals surface area (Å²) in [6, 6.07) is 20.6. The number of likely N-dealkylation sites (tertiary alicyclic amines) is 1. The van der Waals surface area contributed by atoms with Crippen LogP contribution in [0.2, 0.25) is 0 Å². The van der Waals surface area contributed by atoms with Crippen LogP contribution >= 0.6 is 0 Å². The molecule has 1 unspecified atom stereocenters. The number of anilines is 2. The van der Waals surface area contributed by atoms with Crippen molar-refractivity contribution in [1.29, 1.82) is 10.5 Å². The minimum atomic E-state index is -1.01. The molecule has 1 saturated heterocycles. The summed E-state index contributed by atoms with van der Waals surface area (Å²) in [4.78, 5) is 28.1. The predicted octanol–water partition coefficient (Wildman–Crippen LogP) is 5.22. The number of hydrogen-bond acceptors (Lipinski definition) is 6. The molecular formula is C33H33FN6O3. The number of methoxy groups -OCH3 is 1. The van der Waals surface area contributed by atoms with E-state index in [2.05, 4.69) is 16.7 Å². The van der Waals surface area contributed by atoms with Gasteiger partial charge in [0.25, 0.3) is 0 Å². The maximum Gasteiger partial charge on any atom is 0.322 e. The number of nitrogens with one attached hydrogen (secondary N) is 2. The number of nitriles is 2. The van der Waals surface area contributed by atoms with Crippen LogP contribution in [0.4, 0.5) is 20.6 Å². The smallest absolute Gasteiger partial charge is 0.322 e. The molecule has 3 aromatic carbocycles. The fourth-order valence-electron chi connectivity index (χ4n) is 5.54. The molecule has 0 spiro atoms. The maximum atomic E-state index is 15.2. The van der Waals surface area contributed by atoms with E-state index in [0.29, 0.717) is 34.7 Å². The van der Waals surface area contributed by atoms with Crippen molar-refractivity contribution >= 4 is 23.3 Å². The second-order valence-electron chi connectivity index (χ2n) is 11.2. The van der Waals surface area contributed by atoms with Crippen molar-refractivity contribution in [3.63, 3.8) is 0 Å². The molecule has 10 heteroatoms. The van der Waals surface area contributed by atoms with Crippen LogP contribution in [-0.2, 0) is 15.1 Å². The van der Waals surface area contributed by atoms with E-state index in [9.17, 15) is 14.9 Å². The first-order valence-electron chi connectivity index (χ1n) is 14.2. The van der Waals surface area contributed by atoms with Gasteiger partial charge in [0.1, 0.15) is 11.9 Å². The van der Waals surface area contributed by atoms with E-state index in [1.54, 1.807) is 54.6 Å². The van der Waals surface area contributed by atoms with Crippen molar-refractivity contribution in [2.24, 2.45) is 11.7 Å². The molecule has 43 heavy (non-hydrogen) atoms. The average molecular weight is 581 g/mol. The first-order chi connectivity index (χ1) is 20.7. The van der Waals surface area contributed by atoms with Gasteiger partial charge < -0.3 is 26.0 Å². The van der Waals surface area contributed by atoms with Crippen molar-refractivity contribution in [3.05, 3.63) is 94.8 Å². The number of halogens is 1. The van der Waals surface area contributed by atoms with Gasteiger partial charge in [-0.1, -0.05) is 31.0 Å². The Balaban J connectivity index is 1.39. The van der Waals surface area contributed by atoms with Crippen molar-refractivity contribution < 1.29 is 18.7 Å². The van der Waals surface area contributed by atoms with E-state index < -0.39 is 29.3 Å². The number of ether oxygens (including phenoxy) is 1. The lowest BCUT2D eigenvalue weighted by Crippen LogP contribution is -2.45. The van der Waals surface area contributed by atoms with Crippen molar-refractivity contribution in [2.45, 2.75) is 49.8 Å². The van der Waals surface area contributed by atoms with E-state index in [1.165, 1.54) is 18.1 Å². The molecule has 2 fully saturated rings. The van der Waals surface area contributed by atoms with E-state index in [1.807, 2.05) is 12.1 Å². The highest BCUT2D eigenvalue weighted by Crippen LogP contribution is 2.40. The Labute approximate surface area is 250 Å². The molecule has 3 atom stereocenters. The summed E-state index contributed by atoms with van der Waals surface area (Å²) >= 11 is 0. The number of carbonyl (C=O) groups is 2. The third-order valence-corrected chi connectivity index (χ3v) is 8.31. The standard InChI is InChI=1S/C33H33FN6O3/c1-43-27-17-30(40(20-27)32(42)38-26-10-7-22(18-35)8-11-26)31(41)39-29-16-25(9-12-28(29)34)33(37,14-13-21-5-6-21)24-4-2-3-23(15-24)19-36/h2-4,7-12,15-16,21,27,30H,5-6,13-14,17,20,37H2,1H3,(H,38,42)(H,39,41)/t27-,30-,33?/m1/s1. The minimum absolute atomic E-state index is 0.0477. The lowest BCUT2D eigenvalue weighted by atomic mass is 9.79. The van der Waals surface area contributed by atoms with Crippen molar-refractivity contribution in [3.8, 4) is 12.1 Å². The SMILES string of the molecule is CO[C@@H]1C[C@H](C(=O)Nc2cc(C(N)(CCC3CC3)c3cccc(C#N)c3)ccc2F)N(C(=O)Nc2ccc(C#N)cc2)C1. The fraction of sp³-hybridized carbons (Fsp3) is 0.333. The Bertz CT molecular complexity index is 1590. The molecule has 0 bridgehead atoms. The molecule has 3 aromatic rings. The second-order valence-corrected chi connectivity index (χ2v) is 11.2. The molecule has 9 nitrogen and oxygen atoms in total. The number of nitrogens with two attached hydrogens (primary N) is 1. The van der Waals surface area contributed by atoms with Gasteiger partial charge in [-0.2, -0.15) is 10.5 Å². The van der Waals surface area contributed by atoms with E-state index in [0.717, 1.165) is 24.8 Å². The minimum Gasteiger partial charge on any atom is -0.380 e. The van der Waals surface area contributed by atoms with Crippen LogP contribution in [0.1, 0.15) is 54.4 Å². The molecule has 0 radical (unpaired) electrons. The first-order valence-corrected chi connectivity index (χ1v) is 14.2. The topological polar surface area (TPSA) is 144 Å². The molecule has 1 heterocycles. The molecule has 5 rings (SSSR count). The monoisotopic (exact) mass is 580 g/mol. The molecule has 2 aliphatic rings. The van der Waals surface area contributed by atoms with Gasteiger partial charge >= 0.3 is 6.03 Å². The van der Waals surface area contributed by atoms with Gasteiger partial charge in [0.2, 0.25) is 5.91 Å². The summed E-state index contributed by atoms with van der Waals surface area (Å²) in [6.45, 7) is 0.168. The Kier molecular flexibility index (Phi) is 8.72. The summed E-state index contributed by atoms with van der Waals surface area (Å²) in [6.07, 6.45) is 3.62. The number of amides is 3. The van der Waals surface area contributed by atoms with Gasteiger partial charge in [-0.3, -0.25) is 4.79 Å². The second kappa shape index (κ2) is 12.6. The molecule has 3 amide bonds. The molecule has 1 aliphatic carbocycles. The number of urea groups is 1. The molecular weight excluding hydrogens is 547 g/mol. The zero-order valence-corrected chi connectivity index (χ0v) is 23.8. The Morgan fingerprint density at radius 1 is 1.02 bits per heavy atom. The highest BCUT2D eigenvalue weighted by Gasteiger charge is 2.40. The molecule has 1 saturated carbocycles. The summed E-state index contributed by atoms with van der Waals surface area (Å²) in [5.41, 5.74) is 8.74. The number of hydrogen-bond donors (Lipinski definition) is 3. The lowest BCUT2D eigenvalue weighted by molar-refractivity contribution is -0.119. The third-order valence-electron chi connectivity index (χ3n) is 8.31. The van der Waals surface area contributed by atoms with Gasteiger partial charge in [0.05, 0.1) is 40.6 Å². The Morgan fingerprint density at radius 2 is 1.74 bits per heavy atom. The molecule has 4 N–H and O–H groups in total. The predicted molar refractivity (Wildman–Crippen MR) is 159 cm³/mol. The maximum absolute atomic E-state index is 15.2. The number of benzene rings is 3. The van der Waals surface area contributed by atoms with Crippen molar-refractivity contribution in [2.75, 3.05) is 24.3 Å². The normalized spacial score (nSPS) is 19.1. The highest BCUT2D eigenvalue weighted by molar-refractivity contribution is 6.00. The van der Waals surface area contributed by atoms with E-state index in [-0.39, 0.29) is 24.8 Å². The van der Waals surface area contributed by atoms with Gasteiger partial charge in [-0.15, -0.1) is 0 Å². The van der Waals surface area contributed by atoms with Crippen LogP contribution in [0, 0.1) is 34.4 Å². The largest absolute Gasteiger partial charge is 0.380 e. The van der Waals surface area contributed by atoms with Crippen molar-refractivity contribution in [1.82, 2.24) is 4.90 Å². The van der Waals surface area contributed by atoms with Crippen LogP contribution in [0.3, 0.4) is 0 Å². The number of nitrogens with zero attached hydrogens (tertiary/aromatic N) is 3. The van der Waals surface area contributed by atoms with Gasteiger partial charge in [-0.05, 0) is 78.4 Å². The highest BCUT2D eigenvalue weighted by atomic mass is 19.1. The van der Waals surface area contributed by atoms with E-state index >= 15 is 4.39 Å². The number of rotatable bonds is 9. The van der Waals surface area contributed by atoms with Crippen LogP contribution in [-0.4, -0.2) is 42.6 Å². The van der Waals surface area contributed by atoms with E-state index in [4.69, 9.17) is 15.7 Å². The van der Waals surface area contributed by atoms with Crippen LogP contribution in [0.5, 0.6) is 0 Å². The number of carbonyl (C=O) groups excluding carboxylic acids is 2. The zero-order chi connectivity index (χ0) is 30.6. The molecule has 220 valence electrons. The zero-order valence-electron chi connectivity index (χ0n) is 23.8. The summed E-state index contributed by atoms with van der Waals surface area (Å²) in [5, 5.41) is 23.9. The van der Waals surface area contributed by atoms with Crippen LogP contribution < -0.4 is 16.4 Å². The average Bonchev–Trinajstić information content (AvgIpc) is 3.76. The lowest BCUT2D eigenvalue weighted by Gasteiger charge is -2.32. The van der Waals surface area contributed by atoms with Crippen LogP contribution in [0.15, 0.2) is 66.7 Å². The summed E-state index contributed by atoms with van der Waals surface area (Å²) in [7, 11) is 1.51. The quantitative estimate of drug-likeness (QED) is 0.317. The fourth-order valence-corrected chi connectivity index (χ4v) is 5.54. The Hall–Kier alpha value is -4.77.